The van der Waals surface area contributed by atoms with Crippen LogP contribution in [0, 0.1) is 0 Å². The number of aryl methyl sites for hydroxylation is 1. The van der Waals surface area contributed by atoms with Gasteiger partial charge >= 0.3 is 5.97 Å². The number of hydrogen-bond donors (Lipinski definition) is 1. The van der Waals surface area contributed by atoms with Gasteiger partial charge in [0, 0.05) is 48.7 Å². The molecule has 5 nitrogen and oxygen atoms in total. The monoisotopic (exact) mass is 345 g/mol. The van der Waals surface area contributed by atoms with E-state index in [1.807, 2.05) is 23.3 Å². The molecular formula is C18H23N3O2S. The minimum Gasteiger partial charge on any atom is -0.478 e. The van der Waals surface area contributed by atoms with Crippen molar-refractivity contribution in [1.82, 2.24) is 9.88 Å². The largest absolute Gasteiger partial charge is 0.478 e. The molecule has 0 saturated carbocycles. The van der Waals surface area contributed by atoms with Crippen molar-refractivity contribution in [1.29, 1.82) is 0 Å². The van der Waals surface area contributed by atoms with E-state index in [1.165, 1.54) is 9.75 Å². The number of hydrogen-bond acceptors (Lipinski definition) is 5. The van der Waals surface area contributed by atoms with Gasteiger partial charge in [0.25, 0.3) is 0 Å². The molecule has 1 N–H and O–H groups in total. The Morgan fingerprint density at radius 1 is 1.42 bits per heavy atom. The number of anilines is 1. The van der Waals surface area contributed by atoms with Gasteiger partial charge < -0.3 is 10.0 Å². The number of nitrogens with zero attached hydrogens (tertiary/aromatic N) is 3. The van der Waals surface area contributed by atoms with E-state index >= 15 is 0 Å². The second-order valence-corrected chi connectivity index (χ2v) is 7.44. The fraction of sp³-hybridized carbons (Fsp3) is 0.444. The number of pyridine rings is 1. The van der Waals surface area contributed by atoms with Gasteiger partial charge in [-0.3, -0.25) is 4.90 Å². The number of thiophene rings is 1. The Kier molecular flexibility index (Phi) is 5.16. The Hall–Kier alpha value is -1.92. The molecule has 24 heavy (non-hydrogen) atoms. The van der Waals surface area contributed by atoms with Gasteiger partial charge in [0.05, 0.1) is 0 Å². The van der Waals surface area contributed by atoms with Crippen LogP contribution in [0.25, 0.3) is 0 Å². The van der Waals surface area contributed by atoms with E-state index in [0.717, 1.165) is 32.5 Å². The number of carboxylic acids is 1. The summed E-state index contributed by atoms with van der Waals surface area (Å²) in [7, 11) is 1.95. The molecule has 3 heterocycles. The van der Waals surface area contributed by atoms with E-state index < -0.39 is 5.97 Å². The minimum absolute atomic E-state index is 0.268. The lowest BCUT2D eigenvalue weighted by Crippen LogP contribution is -2.35. The fourth-order valence-corrected chi connectivity index (χ4v) is 4.21. The van der Waals surface area contributed by atoms with E-state index in [-0.39, 0.29) is 5.56 Å². The van der Waals surface area contributed by atoms with Gasteiger partial charge in [-0.1, -0.05) is 6.92 Å². The number of aromatic carboxylic acids is 1. The SMILES string of the molecule is CCc1ccc(CN2CC[C@H](N(C)c3ncccc3C(=O)O)C2)s1. The van der Waals surface area contributed by atoms with Crippen molar-refractivity contribution < 1.29 is 9.90 Å². The molecule has 6 heteroatoms. The Morgan fingerprint density at radius 3 is 2.92 bits per heavy atom. The Labute approximate surface area is 146 Å². The van der Waals surface area contributed by atoms with E-state index in [2.05, 4.69) is 28.9 Å². The number of carbonyl (C=O) groups is 1. The zero-order valence-electron chi connectivity index (χ0n) is 14.1. The quantitative estimate of drug-likeness (QED) is 0.872. The summed E-state index contributed by atoms with van der Waals surface area (Å²) in [4.78, 5) is 23.0. The molecular weight excluding hydrogens is 322 g/mol. The molecule has 1 saturated heterocycles. The summed E-state index contributed by atoms with van der Waals surface area (Å²) < 4.78 is 0. The zero-order chi connectivity index (χ0) is 17.1. The first-order valence-corrected chi connectivity index (χ1v) is 9.11. The number of likely N-dealkylation sites (tertiary alicyclic amines) is 1. The second kappa shape index (κ2) is 7.32. The number of aromatic nitrogens is 1. The predicted octanol–water partition coefficient (Wildman–Crippen LogP) is 3.11. The van der Waals surface area contributed by atoms with Crippen LogP contribution in [0.4, 0.5) is 5.82 Å². The van der Waals surface area contributed by atoms with Crippen molar-refractivity contribution in [2.24, 2.45) is 0 Å². The van der Waals surface area contributed by atoms with Crippen LogP contribution in [0.2, 0.25) is 0 Å². The summed E-state index contributed by atoms with van der Waals surface area (Å²) in [5, 5.41) is 9.35. The number of rotatable bonds is 6. The first-order chi connectivity index (χ1) is 11.6. The van der Waals surface area contributed by atoms with Crippen LogP contribution in [0.3, 0.4) is 0 Å². The maximum atomic E-state index is 11.4. The fourth-order valence-electron chi connectivity index (χ4n) is 3.21. The maximum absolute atomic E-state index is 11.4. The molecule has 0 aliphatic carbocycles. The van der Waals surface area contributed by atoms with Crippen LogP contribution in [-0.4, -0.2) is 47.1 Å². The van der Waals surface area contributed by atoms with E-state index in [0.29, 0.717) is 11.9 Å². The van der Waals surface area contributed by atoms with Gasteiger partial charge in [-0.25, -0.2) is 9.78 Å². The highest BCUT2D eigenvalue weighted by Gasteiger charge is 2.28. The first-order valence-electron chi connectivity index (χ1n) is 8.29. The second-order valence-electron chi connectivity index (χ2n) is 6.19. The van der Waals surface area contributed by atoms with Crippen LogP contribution < -0.4 is 4.90 Å². The Bertz CT molecular complexity index is 716. The van der Waals surface area contributed by atoms with E-state index in [4.69, 9.17) is 0 Å². The van der Waals surface area contributed by atoms with Crippen LogP contribution in [0.5, 0.6) is 0 Å². The third kappa shape index (κ3) is 3.60. The molecule has 128 valence electrons. The van der Waals surface area contributed by atoms with Crippen molar-refractivity contribution in [3.05, 3.63) is 45.8 Å². The summed E-state index contributed by atoms with van der Waals surface area (Å²) in [5.41, 5.74) is 0.268. The summed E-state index contributed by atoms with van der Waals surface area (Å²) >= 11 is 1.89. The Morgan fingerprint density at radius 2 is 2.21 bits per heavy atom. The highest BCUT2D eigenvalue weighted by Crippen LogP contribution is 2.25. The molecule has 0 unspecified atom stereocenters. The summed E-state index contributed by atoms with van der Waals surface area (Å²) in [6, 6.07) is 8.02. The van der Waals surface area contributed by atoms with Crippen molar-refractivity contribution in [3.63, 3.8) is 0 Å². The topological polar surface area (TPSA) is 56.7 Å². The lowest BCUT2D eigenvalue weighted by Gasteiger charge is -2.27. The molecule has 3 rings (SSSR count). The molecule has 2 aromatic heterocycles. The lowest BCUT2D eigenvalue weighted by molar-refractivity contribution is 0.0697. The van der Waals surface area contributed by atoms with Gasteiger partial charge in [0.15, 0.2) is 0 Å². The van der Waals surface area contributed by atoms with Crippen LogP contribution in [0.15, 0.2) is 30.5 Å². The molecule has 0 amide bonds. The molecule has 1 atom stereocenters. The molecule has 0 spiro atoms. The van der Waals surface area contributed by atoms with E-state index in [9.17, 15) is 9.90 Å². The van der Waals surface area contributed by atoms with Gasteiger partial charge in [0.2, 0.25) is 0 Å². The van der Waals surface area contributed by atoms with E-state index in [1.54, 1.807) is 18.3 Å². The number of carboxylic acid groups (broad SMARTS) is 1. The molecule has 0 aromatic carbocycles. The number of likely N-dealkylation sites (N-methyl/N-ethyl adjacent to an activating group) is 1. The third-order valence-corrected chi connectivity index (χ3v) is 5.81. The lowest BCUT2D eigenvalue weighted by atomic mass is 10.2. The normalized spacial score (nSPS) is 18.0. The van der Waals surface area contributed by atoms with Gasteiger partial charge in [-0.15, -0.1) is 11.3 Å². The molecule has 2 aromatic rings. The summed E-state index contributed by atoms with van der Waals surface area (Å²) in [6.45, 7) is 5.13. The van der Waals surface area contributed by atoms with Crippen molar-refractivity contribution in [2.75, 3.05) is 25.0 Å². The van der Waals surface area contributed by atoms with Gasteiger partial charge in [-0.2, -0.15) is 0 Å². The maximum Gasteiger partial charge on any atom is 0.339 e. The van der Waals surface area contributed by atoms with Gasteiger partial charge in [-0.05, 0) is 37.1 Å². The van der Waals surface area contributed by atoms with Crippen molar-refractivity contribution in [3.8, 4) is 0 Å². The molecule has 1 fully saturated rings. The molecule has 0 bridgehead atoms. The minimum atomic E-state index is -0.925. The Balaban J connectivity index is 1.66. The standard InChI is InChI=1S/C18H23N3O2S/c1-3-14-6-7-15(24-14)12-21-10-8-13(11-21)20(2)17-16(18(22)23)5-4-9-19-17/h4-7,9,13H,3,8,10-12H2,1-2H3,(H,22,23)/t13-/m0/s1. The van der Waals surface area contributed by atoms with Crippen molar-refractivity contribution >= 4 is 23.1 Å². The average molecular weight is 345 g/mol. The smallest absolute Gasteiger partial charge is 0.339 e. The van der Waals surface area contributed by atoms with Crippen LogP contribution >= 0.6 is 11.3 Å². The molecule has 0 radical (unpaired) electrons. The highest BCUT2D eigenvalue weighted by molar-refractivity contribution is 7.11. The first kappa shape index (κ1) is 16.9. The average Bonchev–Trinajstić information content (AvgIpc) is 3.24. The third-order valence-electron chi connectivity index (χ3n) is 4.59. The predicted molar refractivity (Wildman–Crippen MR) is 97.0 cm³/mol. The summed E-state index contributed by atoms with van der Waals surface area (Å²) in [6.07, 6.45) is 3.77. The van der Waals surface area contributed by atoms with Gasteiger partial charge in [0.1, 0.15) is 11.4 Å². The molecule has 1 aliphatic rings. The zero-order valence-corrected chi connectivity index (χ0v) is 14.9. The highest BCUT2D eigenvalue weighted by atomic mass is 32.1. The summed E-state index contributed by atoms with van der Waals surface area (Å²) in [5.74, 6) is -0.369. The van der Waals surface area contributed by atoms with Crippen molar-refractivity contribution in [2.45, 2.75) is 32.4 Å². The molecule has 1 aliphatic heterocycles. The van der Waals surface area contributed by atoms with Crippen LogP contribution in [-0.2, 0) is 13.0 Å². The van der Waals surface area contributed by atoms with Crippen LogP contribution in [0.1, 0.15) is 33.5 Å².